The van der Waals surface area contributed by atoms with E-state index in [0.717, 1.165) is 44.1 Å². The molecule has 1 aliphatic heterocycles. The number of nitrogens with zero attached hydrogens (tertiary/aromatic N) is 1. The van der Waals surface area contributed by atoms with Crippen molar-refractivity contribution >= 4 is 23.4 Å². The van der Waals surface area contributed by atoms with E-state index in [0.29, 0.717) is 43.0 Å². The summed E-state index contributed by atoms with van der Waals surface area (Å²) < 4.78 is 5.86. The number of rotatable bonds is 14. The van der Waals surface area contributed by atoms with Gasteiger partial charge in [0.1, 0.15) is 5.75 Å². The van der Waals surface area contributed by atoms with Crippen LogP contribution in [0.2, 0.25) is 0 Å². The molecule has 1 saturated carbocycles. The highest BCUT2D eigenvalue weighted by atomic mass is 16.5. The molecule has 0 aromatic heterocycles. The Balaban J connectivity index is 1.46. The van der Waals surface area contributed by atoms with Crippen molar-refractivity contribution in [3.63, 3.8) is 0 Å². The van der Waals surface area contributed by atoms with Gasteiger partial charge in [0.15, 0.2) is 0 Å². The number of nitrogens with one attached hydrogen (secondary N) is 3. The second-order valence-electron chi connectivity index (χ2n) is 11.5. The Morgan fingerprint density at radius 2 is 1.83 bits per heavy atom. The van der Waals surface area contributed by atoms with E-state index < -0.39 is 18.2 Å². The van der Waals surface area contributed by atoms with Crippen molar-refractivity contribution in [2.24, 2.45) is 0 Å². The van der Waals surface area contributed by atoms with Crippen LogP contribution in [0, 0.1) is 0 Å². The van der Waals surface area contributed by atoms with Gasteiger partial charge in [-0.15, -0.1) is 0 Å². The molecular weight excluding hydrogens is 532 g/mol. The standard InChI is InChI=1S/C33H46N4O5/c1-3-17-42-28-20-25(19-27(21-28)37-16-10-15-31(37)39)33(41)36-29(18-24-11-6-4-7-12-24)30(38)22-34-23(2)32(40)35-26-13-8-5-9-14-26/h4,6-7,11-12,19-21,23,26,29-30,34,38H,3,5,8-10,13-18,22H2,1-2H3,(H,35,40)(H,36,41)/t23-,29-,30-/m0/s1. The van der Waals surface area contributed by atoms with Gasteiger partial charge in [0.25, 0.3) is 5.91 Å². The molecule has 9 nitrogen and oxygen atoms in total. The molecule has 0 bridgehead atoms. The molecule has 0 spiro atoms. The van der Waals surface area contributed by atoms with Crippen LogP contribution < -0.4 is 25.6 Å². The van der Waals surface area contributed by atoms with Gasteiger partial charge in [-0.2, -0.15) is 0 Å². The number of carbonyl (C=O) groups excluding carboxylic acids is 3. The van der Waals surface area contributed by atoms with Crippen molar-refractivity contribution < 1.29 is 24.2 Å². The Labute approximate surface area is 249 Å². The summed E-state index contributed by atoms with van der Waals surface area (Å²) in [6.07, 6.45) is 7.01. The fourth-order valence-electron chi connectivity index (χ4n) is 5.60. The maximum absolute atomic E-state index is 13.6. The van der Waals surface area contributed by atoms with Crippen LogP contribution in [0.4, 0.5) is 5.69 Å². The molecular formula is C33H46N4O5. The predicted octanol–water partition coefficient (Wildman–Crippen LogP) is 3.73. The van der Waals surface area contributed by atoms with Gasteiger partial charge in [0.2, 0.25) is 11.8 Å². The molecule has 0 unspecified atom stereocenters. The van der Waals surface area contributed by atoms with E-state index in [-0.39, 0.29) is 30.3 Å². The van der Waals surface area contributed by atoms with E-state index in [9.17, 15) is 19.5 Å². The Bertz CT molecular complexity index is 1180. The van der Waals surface area contributed by atoms with Crippen LogP contribution >= 0.6 is 0 Å². The van der Waals surface area contributed by atoms with Gasteiger partial charge in [0.05, 0.1) is 24.8 Å². The molecule has 3 amide bonds. The summed E-state index contributed by atoms with van der Waals surface area (Å²) in [4.78, 5) is 40.5. The van der Waals surface area contributed by atoms with Gasteiger partial charge in [0, 0.05) is 42.9 Å². The van der Waals surface area contributed by atoms with E-state index in [2.05, 4.69) is 16.0 Å². The summed E-state index contributed by atoms with van der Waals surface area (Å²) in [6, 6.07) is 14.0. The van der Waals surface area contributed by atoms with Crippen molar-refractivity contribution in [2.75, 3.05) is 24.6 Å². The molecule has 228 valence electrons. The number of carbonyl (C=O) groups is 3. The minimum Gasteiger partial charge on any atom is -0.494 e. The van der Waals surface area contributed by atoms with Crippen LogP contribution in [0.3, 0.4) is 0 Å². The van der Waals surface area contributed by atoms with Crippen LogP contribution in [0.25, 0.3) is 0 Å². The molecule has 3 atom stereocenters. The van der Waals surface area contributed by atoms with E-state index in [1.165, 1.54) is 6.42 Å². The molecule has 1 heterocycles. The smallest absolute Gasteiger partial charge is 0.251 e. The normalized spacial score (nSPS) is 17.9. The first-order valence-electron chi connectivity index (χ1n) is 15.5. The molecule has 2 aliphatic rings. The van der Waals surface area contributed by atoms with Crippen molar-refractivity contribution in [2.45, 2.75) is 95.9 Å². The van der Waals surface area contributed by atoms with Crippen LogP contribution in [0.1, 0.15) is 81.1 Å². The summed E-state index contributed by atoms with van der Waals surface area (Å²) in [5.41, 5.74) is 1.96. The van der Waals surface area contributed by atoms with Gasteiger partial charge in [-0.1, -0.05) is 56.5 Å². The lowest BCUT2D eigenvalue weighted by Gasteiger charge is -2.28. The second-order valence-corrected chi connectivity index (χ2v) is 11.5. The van der Waals surface area contributed by atoms with Gasteiger partial charge in [-0.3, -0.25) is 14.4 Å². The zero-order valence-electron chi connectivity index (χ0n) is 24.9. The molecule has 0 radical (unpaired) electrons. The van der Waals surface area contributed by atoms with Crippen molar-refractivity contribution in [3.8, 4) is 5.75 Å². The van der Waals surface area contributed by atoms with E-state index >= 15 is 0 Å². The number of hydrogen-bond donors (Lipinski definition) is 4. The molecule has 4 N–H and O–H groups in total. The fraction of sp³-hybridized carbons (Fsp3) is 0.545. The lowest BCUT2D eigenvalue weighted by molar-refractivity contribution is -0.123. The monoisotopic (exact) mass is 578 g/mol. The lowest BCUT2D eigenvalue weighted by Crippen LogP contribution is -2.53. The maximum atomic E-state index is 13.6. The van der Waals surface area contributed by atoms with Crippen LogP contribution in [0.15, 0.2) is 48.5 Å². The van der Waals surface area contributed by atoms with E-state index in [4.69, 9.17) is 4.74 Å². The zero-order valence-corrected chi connectivity index (χ0v) is 24.9. The average molecular weight is 579 g/mol. The number of amides is 3. The third-order valence-corrected chi connectivity index (χ3v) is 8.07. The molecule has 42 heavy (non-hydrogen) atoms. The van der Waals surface area contributed by atoms with Crippen molar-refractivity contribution in [1.82, 2.24) is 16.0 Å². The van der Waals surface area contributed by atoms with Gasteiger partial charge in [-0.25, -0.2) is 0 Å². The molecule has 1 saturated heterocycles. The third-order valence-electron chi connectivity index (χ3n) is 8.07. The maximum Gasteiger partial charge on any atom is 0.251 e. The minimum absolute atomic E-state index is 0.0269. The summed E-state index contributed by atoms with van der Waals surface area (Å²) in [5, 5.41) is 20.6. The SMILES string of the molecule is CCCOc1cc(C(=O)N[C@@H](Cc2ccccc2)[C@@H](O)CN[C@@H](C)C(=O)NC2CCCCC2)cc(N2CCCC2=O)c1. The quantitative estimate of drug-likeness (QED) is 0.271. The molecule has 2 aromatic rings. The highest BCUT2D eigenvalue weighted by Gasteiger charge is 2.27. The molecule has 2 aromatic carbocycles. The van der Waals surface area contributed by atoms with Gasteiger partial charge in [-0.05, 0) is 56.7 Å². The van der Waals surface area contributed by atoms with Crippen LogP contribution in [-0.4, -0.2) is 66.8 Å². The van der Waals surface area contributed by atoms with Crippen LogP contribution in [0.5, 0.6) is 5.75 Å². The van der Waals surface area contributed by atoms with Gasteiger partial charge >= 0.3 is 0 Å². The predicted molar refractivity (Wildman–Crippen MR) is 164 cm³/mol. The number of anilines is 1. The Morgan fingerprint density at radius 3 is 2.52 bits per heavy atom. The average Bonchev–Trinajstić information content (AvgIpc) is 3.44. The van der Waals surface area contributed by atoms with Crippen molar-refractivity contribution in [1.29, 1.82) is 0 Å². The Morgan fingerprint density at radius 1 is 1.07 bits per heavy atom. The zero-order chi connectivity index (χ0) is 29.9. The first kappa shape index (κ1) is 31.5. The van der Waals surface area contributed by atoms with Crippen LogP contribution in [-0.2, 0) is 16.0 Å². The van der Waals surface area contributed by atoms with Gasteiger partial charge < -0.3 is 30.7 Å². The Hall–Kier alpha value is -3.43. The number of aliphatic hydroxyl groups is 1. The summed E-state index contributed by atoms with van der Waals surface area (Å²) in [5.74, 6) is 0.108. The number of aliphatic hydroxyl groups excluding tert-OH is 1. The Kier molecular flexibility index (Phi) is 11.8. The number of benzene rings is 2. The highest BCUT2D eigenvalue weighted by molar-refractivity contribution is 5.99. The second kappa shape index (κ2) is 15.7. The summed E-state index contributed by atoms with van der Waals surface area (Å²) >= 11 is 0. The molecule has 2 fully saturated rings. The topological polar surface area (TPSA) is 120 Å². The third kappa shape index (κ3) is 9.03. The molecule has 1 aliphatic carbocycles. The molecule has 4 rings (SSSR count). The first-order chi connectivity index (χ1) is 20.3. The number of hydrogen-bond acceptors (Lipinski definition) is 6. The largest absolute Gasteiger partial charge is 0.494 e. The summed E-state index contributed by atoms with van der Waals surface area (Å²) in [7, 11) is 0. The minimum atomic E-state index is -0.960. The lowest BCUT2D eigenvalue weighted by atomic mass is 9.95. The highest BCUT2D eigenvalue weighted by Crippen LogP contribution is 2.28. The van der Waals surface area contributed by atoms with E-state index in [1.54, 1.807) is 30.0 Å². The number of ether oxygens (including phenoxy) is 1. The fourth-order valence-corrected chi connectivity index (χ4v) is 5.60. The summed E-state index contributed by atoms with van der Waals surface area (Å²) in [6.45, 7) is 5.02. The first-order valence-corrected chi connectivity index (χ1v) is 15.5. The molecule has 9 heteroatoms. The van der Waals surface area contributed by atoms with Crippen molar-refractivity contribution in [3.05, 3.63) is 59.7 Å². The van der Waals surface area contributed by atoms with E-state index in [1.807, 2.05) is 37.3 Å².